The van der Waals surface area contributed by atoms with Crippen molar-refractivity contribution < 1.29 is 19.0 Å². The van der Waals surface area contributed by atoms with Crippen molar-refractivity contribution in [1.29, 1.82) is 0 Å². The molecule has 0 spiro atoms. The van der Waals surface area contributed by atoms with E-state index in [0.29, 0.717) is 28.6 Å². The summed E-state index contributed by atoms with van der Waals surface area (Å²) in [5.41, 5.74) is 9.59. The van der Waals surface area contributed by atoms with Gasteiger partial charge in [-0.3, -0.25) is 15.6 Å². The quantitative estimate of drug-likeness (QED) is 0.180. The number of ether oxygens (including phenoxy) is 3. The number of carbonyl (C=O) groups excluding carboxylic acids is 1. The Morgan fingerprint density at radius 1 is 0.842 bits per heavy atom. The first-order valence-electron chi connectivity index (χ1n) is 11.7. The molecule has 0 radical (unpaired) electrons. The van der Waals surface area contributed by atoms with E-state index < -0.39 is 5.91 Å². The maximum atomic E-state index is 13.2. The molecule has 5 aromatic rings. The summed E-state index contributed by atoms with van der Waals surface area (Å²) < 4.78 is 16.1. The summed E-state index contributed by atoms with van der Waals surface area (Å²) in [6, 6.07) is 22.9. The molecule has 0 saturated heterocycles. The minimum Gasteiger partial charge on any atom is -0.493 e. The van der Waals surface area contributed by atoms with E-state index in [1.165, 1.54) is 21.3 Å². The predicted molar refractivity (Wildman–Crippen MR) is 152 cm³/mol. The fourth-order valence-electron chi connectivity index (χ4n) is 4.26. The van der Waals surface area contributed by atoms with Crippen LogP contribution >= 0.6 is 12.2 Å². The summed E-state index contributed by atoms with van der Waals surface area (Å²) >= 11 is 5.38. The lowest BCUT2D eigenvalue weighted by Crippen LogP contribution is -2.44. The standard InChI is InChI=1S/C28H25N5O4S/c1-35-22-13-17(14-23(36-2)26(22)37-3)29-28(38)33-32-27(34)21-15-19-18-11-7-8-12-20(18)30-25(19)24(31-21)16-9-5-4-6-10-16/h4-15,30H,1-3H3,(H,32,34)(H2,29,33,38). The van der Waals surface area contributed by atoms with Gasteiger partial charge in [0.1, 0.15) is 5.69 Å². The molecule has 0 aliphatic carbocycles. The highest BCUT2D eigenvalue weighted by molar-refractivity contribution is 7.80. The number of hydrogen-bond acceptors (Lipinski definition) is 6. The lowest BCUT2D eigenvalue weighted by Gasteiger charge is -2.16. The molecule has 0 saturated carbocycles. The van der Waals surface area contributed by atoms with E-state index in [1.807, 2.05) is 54.6 Å². The number of pyridine rings is 1. The minimum atomic E-state index is -0.441. The maximum Gasteiger partial charge on any atom is 0.288 e. The SMILES string of the molecule is COc1cc(NC(=S)NNC(=O)c2cc3c([nH]c4ccccc43)c(-c3ccccc3)n2)cc(OC)c1OC. The number of aromatic amines is 1. The number of fused-ring (bicyclic) bond motifs is 3. The summed E-state index contributed by atoms with van der Waals surface area (Å²) in [6.45, 7) is 0. The fraction of sp³-hybridized carbons (Fsp3) is 0.107. The van der Waals surface area contributed by atoms with Crippen molar-refractivity contribution in [3.63, 3.8) is 0 Å². The molecular formula is C28H25N5O4S. The number of thiocarbonyl (C=S) groups is 1. The number of nitrogens with one attached hydrogen (secondary N) is 4. The summed E-state index contributed by atoms with van der Waals surface area (Å²) in [7, 11) is 4.58. The van der Waals surface area contributed by atoms with Crippen molar-refractivity contribution in [2.24, 2.45) is 0 Å². The Hall–Kier alpha value is -4.83. The lowest BCUT2D eigenvalue weighted by molar-refractivity contribution is 0.0939. The van der Waals surface area contributed by atoms with Crippen LogP contribution in [0.3, 0.4) is 0 Å². The van der Waals surface area contributed by atoms with Gasteiger partial charge in [0.2, 0.25) is 5.75 Å². The van der Waals surface area contributed by atoms with E-state index in [9.17, 15) is 4.79 Å². The molecule has 4 N–H and O–H groups in total. The third-order valence-corrected chi connectivity index (χ3v) is 6.19. The molecule has 192 valence electrons. The molecule has 0 aliphatic heterocycles. The molecule has 0 unspecified atom stereocenters. The number of rotatable bonds is 6. The molecule has 5 rings (SSSR count). The van der Waals surface area contributed by atoms with Crippen LogP contribution in [0.15, 0.2) is 72.8 Å². The van der Waals surface area contributed by atoms with Gasteiger partial charge >= 0.3 is 0 Å². The zero-order chi connectivity index (χ0) is 26.6. The van der Waals surface area contributed by atoms with E-state index in [-0.39, 0.29) is 10.8 Å². The highest BCUT2D eigenvalue weighted by atomic mass is 32.1. The van der Waals surface area contributed by atoms with Gasteiger partial charge in [0, 0.05) is 39.7 Å². The van der Waals surface area contributed by atoms with Crippen molar-refractivity contribution >= 4 is 50.7 Å². The van der Waals surface area contributed by atoms with Crippen molar-refractivity contribution in [2.75, 3.05) is 26.6 Å². The van der Waals surface area contributed by atoms with Gasteiger partial charge in [-0.2, -0.15) is 0 Å². The second kappa shape index (κ2) is 10.7. The van der Waals surface area contributed by atoms with E-state index in [1.54, 1.807) is 18.2 Å². The van der Waals surface area contributed by atoms with Crippen molar-refractivity contribution in [3.8, 4) is 28.5 Å². The molecule has 3 aromatic carbocycles. The monoisotopic (exact) mass is 527 g/mol. The first-order valence-corrected chi connectivity index (χ1v) is 12.1. The largest absolute Gasteiger partial charge is 0.493 e. The molecule has 2 heterocycles. The molecule has 9 nitrogen and oxygen atoms in total. The van der Waals surface area contributed by atoms with Gasteiger partial charge in [0.05, 0.1) is 32.5 Å². The number of anilines is 1. The number of hydrogen-bond donors (Lipinski definition) is 4. The fourth-order valence-corrected chi connectivity index (χ4v) is 4.43. The number of nitrogens with zero attached hydrogens (tertiary/aromatic N) is 1. The molecule has 0 fully saturated rings. The zero-order valence-electron chi connectivity index (χ0n) is 20.9. The van der Waals surface area contributed by atoms with Crippen LogP contribution < -0.4 is 30.4 Å². The Balaban J connectivity index is 1.40. The topological polar surface area (TPSA) is 110 Å². The minimum absolute atomic E-state index is 0.157. The number of aromatic nitrogens is 2. The Bertz CT molecular complexity index is 1630. The second-order valence-electron chi connectivity index (χ2n) is 8.26. The van der Waals surface area contributed by atoms with Crippen LogP contribution in [0.5, 0.6) is 17.2 Å². The number of carbonyl (C=O) groups is 1. The van der Waals surface area contributed by atoms with Crippen LogP contribution in [0.25, 0.3) is 33.1 Å². The third-order valence-electron chi connectivity index (χ3n) is 5.99. The van der Waals surface area contributed by atoms with Crippen molar-refractivity contribution in [3.05, 3.63) is 78.5 Å². The Kier molecular flexibility index (Phi) is 6.96. The van der Waals surface area contributed by atoms with Crippen LogP contribution in [0.2, 0.25) is 0 Å². The van der Waals surface area contributed by atoms with Crippen LogP contribution in [0.4, 0.5) is 5.69 Å². The van der Waals surface area contributed by atoms with E-state index in [4.69, 9.17) is 31.4 Å². The number of H-pyrrole nitrogens is 1. The van der Waals surface area contributed by atoms with Gasteiger partial charge in [0.25, 0.3) is 5.91 Å². The van der Waals surface area contributed by atoms with Gasteiger partial charge in [-0.15, -0.1) is 0 Å². The predicted octanol–water partition coefficient (Wildman–Crippen LogP) is 5.04. The first-order chi connectivity index (χ1) is 18.5. The van der Waals surface area contributed by atoms with Crippen LogP contribution in [-0.2, 0) is 0 Å². The van der Waals surface area contributed by atoms with E-state index >= 15 is 0 Å². The van der Waals surface area contributed by atoms with Crippen LogP contribution in [0.1, 0.15) is 10.5 Å². The molecule has 0 aliphatic rings. The first kappa shape index (κ1) is 24.8. The Labute approximate surface area is 224 Å². The average molecular weight is 528 g/mol. The van der Waals surface area contributed by atoms with Crippen molar-refractivity contribution in [2.45, 2.75) is 0 Å². The van der Waals surface area contributed by atoms with Gasteiger partial charge in [-0.25, -0.2) is 4.98 Å². The van der Waals surface area contributed by atoms with Crippen molar-refractivity contribution in [1.82, 2.24) is 20.8 Å². The second-order valence-corrected chi connectivity index (χ2v) is 8.67. The molecule has 10 heteroatoms. The average Bonchev–Trinajstić information content (AvgIpc) is 3.34. The van der Waals surface area contributed by atoms with Gasteiger partial charge in [0.15, 0.2) is 16.6 Å². The lowest BCUT2D eigenvalue weighted by atomic mass is 10.1. The highest BCUT2D eigenvalue weighted by Gasteiger charge is 2.18. The van der Waals surface area contributed by atoms with E-state index in [2.05, 4.69) is 21.2 Å². The summed E-state index contributed by atoms with van der Waals surface area (Å²) in [5, 5.41) is 5.06. The molecule has 0 bridgehead atoms. The molecule has 2 aromatic heterocycles. The summed E-state index contributed by atoms with van der Waals surface area (Å²) in [6.07, 6.45) is 0. The van der Waals surface area contributed by atoms with Crippen LogP contribution in [-0.4, -0.2) is 42.3 Å². The van der Waals surface area contributed by atoms with Crippen LogP contribution in [0, 0.1) is 0 Å². The van der Waals surface area contributed by atoms with E-state index in [0.717, 1.165) is 27.4 Å². The summed E-state index contributed by atoms with van der Waals surface area (Å²) in [4.78, 5) is 21.3. The zero-order valence-corrected chi connectivity index (χ0v) is 21.7. The number of para-hydroxylation sites is 1. The molecule has 0 atom stereocenters. The van der Waals surface area contributed by atoms with Gasteiger partial charge in [-0.05, 0) is 24.4 Å². The van der Waals surface area contributed by atoms with Gasteiger partial charge < -0.3 is 24.5 Å². The maximum absolute atomic E-state index is 13.2. The number of benzene rings is 3. The third kappa shape index (κ3) is 4.76. The summed E-state index contributed by atoms with van der Waals surface area (Å²) in [5.74, 6) is 0.945. The van der Waals surface area contributed by atoms with Gasteiger partial charge in [-0.1, -0.05) is 48.5 Å². The Morgan fingerprint density at radius 2 is 1.53 bits per heavy atom. The number of amides is 1. The normalized spacial score (nSPS) is 10.7. The highest BCUT2D eigenvalue weighted by Crippen LogP contribution is 2.40. The molecule has 1 amide bonds. The smallest absolute Gasteiger partial charge is 0.288 e. The Morgan fingerprint density at radius 3 is 2.21 bits per heavy atom. The number of hydrazine groups is 1. The molecule has 38 heavy (non-hydrogen) atoms. The number of methoxy groups -OCH3 is 3. The molecular weight excluding hydrogens is 502 g/mol.